The van der Waals surface area contributed by atoms with Crippen LogP contribution in [0.3, 0.4) is 0 Å². The highest BCUT2D eigenvalue weighted by Crippen LogP contribution is 2.27. The summed E-state index contributed by atoms with van der Waals surface area (Å²) in [6.45, 7) is 6.30. The van der Waals surface area contributed by atoms with Gasteiger partial charge in [0.1, 0.15) is 0 Å². The molecule has 2 atom stereocenters. The predicted molar refractivity (Wildman–Crippen MR) is 97.6 cm³/mol. The lowest BCUT2D eigenvalue weighted by Gasteiger charge is -2.17. The molecule has 1 fully saturated rings. The van der Waals surface area contributed by atoms with Crippen molar-refractivity contribution >= 4 is 11.9 Å². The zero-order valence-electron chi connectivity index (χ0n) is 15.8. The fourth-order valence-corrected chi connectivity index (χ4v) is 3.55. The molecule has 140 valence electrons. The summed E-state index contributed by atoms with van der Waals surface area (Å²) in [6.07, 6.45) is 3.43. The minimum absolute atomic E-state index is 0.0353. The van der Waals surface area contributed by atoms with E-state index in [0.717, 1.165) is 17.0 Å². The number of ether oxygens (including phenoxy) is 1. The maximum atomic E-state index is 12.8. The molecule has 2 aromatic rings. The average Bonchev–Trinajstić information content (AvgIpc) is 3.16. The second kappa shape index (κ2) is 7.82. The number of nitrogens with one attached hydrogen (secondary N) is 1. The van der Waals surface area contributed by atoms with Crippen LogP contribution in [0.4, 0.5) is 5.95 Å². The fraction of sp³-hybridized carbons (Fsp3) is 0.556. The molecule has 0 radical (unpaired) electrons. The van der Waals surface area contributed by atoms with Gasteiger partial charge in [-0.1, -0.05) is 0 Å². The van der Waals surface area contributed by atoms with Crippen LogP contribution in [0.1, 0.15) is 17.0 Å². The summed E-state index contributed by atoms with van der Waals surface area (Å²) in [5.74, 6) is 0.645. The first-order valence-corrected chi connectivity index (χ1v) is 8.79. The zero-order valence-corrected chi connectivity index (χ0v) is 15.8. The number of methoxy groups -OCH3 is 1. The van der Waals surface area contributed by atoms with Gasteiger partial charge in [-0.15, -0.1) is 0 Å². The van der Waals surface area contributed by atoms with Gasteiger partial charge >= 0.3 is 0 Å². The highest BCUT2D eigenvalue weighted by molar-refractivity contribution is 5.80. The molecule has 1 amide bonds. The first-order valence-electron chi connectivity index (χ1n) is 8.79. The van der Waals surface area contributed by atoms with E-state index in [-0.39, 0.29) is 17.7 Å². The third-order valence-corrected chi connectivity index (χ3v) is 5.09. The molecule has 1 saturated heterocycles. The van der Waals surface area contributed by atoms with Crippen molar-refractivity contribution in [2.45, 2.75) is 20.4 Å². The van der Waals surface area contributed by atoms with Crippen LogP contribution in [0.15, 0.2) is 18.5 Å². The molecule has 0 aromatic carbocycles. The molecule has 2 aromatic heterocycles. The van der Waals surface area contributed by atoms with Crippen molar-refractivity contribution in [3.63, 3.8) is 0 Å². The molecular weight excluding hydrogens is 332 g/mol. The van der Waals surface area contributed by atoms with Gasteiger partial charge in [-0.25, -0.2) is 9.97 Å². The lowest BCUT2D eigenvalue weighted by molar-refractivity contribution is -0.126. The molecule has 0 spiro atoms. The standard InChI is InChI=1S/C18H26N6O2/c1-12-15(13(2)23(3)22-12)8-21-17(25)16-10-24(9-14(16)11-26-4)18-19-6-5-7-20-18/h5-7,14,16H,8-11H2,1-4H3,(H,21,25)/t14-,16+/m0/s1. The predicted octanol–water partition coefficient (Wildman–Crippen LogP) is 0.842. The van der Waals surface area contributed by atoms with Gasteiger partial charge in [0.25, 0.3) is 0 Å². The van der Waals surface area contributed by atoms with Gasteiger partial charge in [-0.3, -0.25) is 9.48 Å². The van der Waals surface area contributed by atoms with Crippen molar-refractivity contribution in [2.75, 3.05) is 31.7 Å². The molecule has 1 aliphatic heterocycles. The van der Waals surface area contributed by atoms with E-state index in [1.807, 2.05) is 25.6 Å². The zero-order chi connectivity index (χ0) is 18.7. The molecule has 0 aliphatic carbocycles. The van der Waals surface area contributed by atoms with E-state index >= 15 is 0 Å². The smallest absolute Gasteiger partial charge is 0.225 e. The summed E-state index contributed by atoms with van der Waals surface area (Å²) in [7, 11) is 3.58. The topological polar surface area (TPSA) is 85.2 Å². The largest absolute Gasteiger partial charge is 0.384 e. The number of anilines is 1. The van der Waals surface area contributed by atoms with Crippen molar-refractivity contribution in [2.24, 2.45) is 18.9 Å². The number of carbonyl (C=O) groups excluding carboxylic acids is 1. The van der Waals surface area contributed by atoms with E-state index in [9.17, 15) is 4.79 Å². The molecule has 0 bridgehead atoms. The molecule has 3 rings (SSSR count). The van der Waals surface area contributed by atoms with Gasteiger partial charge in [0.15, 0.2) is 0 Å². The Labute approximate surface area is 153 Å². The lowest BCUT2D eigenvalue weighted by atomic mass is 9.96. The van der Waals surface area contributed by atoms with Gasteiger partial charge < -0.3 is 15.0 Å². The number of rotatable bonds is 6. The molecule has 1 aliphatic rings. The van der Waals surface area contributed by atoms with Crippen LogP contribution in [0.25, 0.3) is 0 Å². The second-order valence-corrected chi connectivity index (χ2v) is 6.77. The fourth-order valence-electron chi connectivity index (χ4n) is 3.55. The van der Waals surface area contributed by atoms with Gasteiger partial charge in [-0.05, 0) is 19.9 Å². The van der Waals surface area contributed by atoms with Crippen LogP contribution in [0.5, 0.6) is 0 Å². The number of carbonyl (C=O) groups is 1. The van der Waals surface area contributed by atoms with E-state index in [1.165, 1.54) is 0 Å². The molecule has 0 unspecified atom stereocenters. The minimum Gasteiger partial charge on any atom is -0.384 e. The summed E-state index contributed by atoms with van der Waals surface area (Å²) >= 11 is 0. The highest BCUT2D eigenvalue weighted by atomic mass is 16.5. The molecule has 26 heavy (non-hydrogen) atoms. The van der Waals surface area contributed by atoms with Crippen LogP contribution in [-0.2, 0) is 23.1 Å². The summed E-state index contributed by atoms with van der Waals surface area (Å²) in [6, 6.07) is 1.79. The van der Waals surface area contributed by atoms with Crippen LogP contribution >= 0.6 is 0 Å². The SMILES string of the molecule is COC[C@@H]1CN(c2ncccn2)C[C@H]1C(=O)NCc1c(C)nn(C)c1C. The number of aryl methyl sites for hydroxylation is 2. The maximum absolute atomic E-state index is 12.8. The van der Waals surface area contributed by atoms with Crippen molar-refractivity contribution in [3.8, 4) is 0 Å². The number of aromatic nitrogens is 4. The van der Waals surface area contributed by atoms with Crippen LogP contribution < -0.4 is 10.2 Å². The van der Waals surface area contributed by atoms with Crippen LogP contribution in [0, 0.1) is 25.7 Å². The van der Waals surface area contributed by atoms with E-state index in [4.69, 9.17) is 4.74 Å². The summed E-state index contributed by atoms with van der Waals surface area (Å²) in [4.78, 5) is 23.5. The molecule has 8 nitrogen and oxygen atoms in total. The van der Waals surface area contributed by atoms with Gasteiger partial charge in [0.2, 0.25) is 11.9 Å². The van der Waals surface area contributed by atoms with E-state index in [0.29, 0.717) is 32.2 Å². The molecule has 8 heteroatoms. The minimum atomic E-state index is -0.156. The third-order valence-electron chi connectivity index (χ3n) is 5.09. The van der Waals surface area contributed by atoms with Gasteiger partial charge in [0, 0.05) is 63.4 Å². The van der Waals surface area contributed by atoms with Crippen LogP contribution in [0.2, 0.25) is 0 Å². The molecule has 1 N–H and O–H groups in total. The first kappa shape index (κ1) is 18.3. The number of hydrogen-bond donors (Lipinski definition) is 1. The van der Waals surface area contributed by atoms with E-state index in [2.05, 4.69) is 25.3 Å². The number of hydrogen-bond acceptors (Lipinski definition) is 6. The maximum Gasteiger partial charge on any atom is 0.225 e. The molecule has 0 saturated carbocycles. The van der Waals surface area contributed by atoms with Crippen LogP contribution in [-0.4, -0.2) is 52.5 Å². The van der Waals surface area contributed by atoms with Gasteiger partial charge in [-0.2, -0.15) is 5.10 Å². The Bertz CT molecular complexity index is 761. The Balaban J connectivity index is 1.68. The third kappa shape index (κ3) is 3.70. The highest BCUT2D eigenvalue weighted by Gasteiger charge is 2.38. The summed E-state index contributed by atoms with van der Waals surface area (Å²) in [5, 5.41) is 7.48. The van der Waals surface area contributed by atoms with Gasteiger partial charge in [0.05, 0.1) is 18.2 Å². The first-order chi connectivity index (χ1) is 12.5. The van der Waals surface area contributed by atoms with E-state index in [1.54, 1.807) is 25.6 Å². The Morgan fingerprint density at radius 2 is 2.04 bits per heavy atom. The second-order valence-electron chi connectivity index (χ2n) is 6.77. The summed E-state index contributed by atoms with van der Waals surface area (Å²) < 4.78 is 7.18. The quantitative estimate of drug-likeness (QED) is 0.824. The number of nitrogens with zero attached hydrogens (tertiary/aromatic N) is 5. The monoisotopic (exact) mass is 358 g/mol. The lowest BCUT2D eigenvalue weighted by Crippen LogP contribution is -2.36. The Hall–Kier alpha value is -2.48. The van der Waals surface area contributed by atoms with Crippen molar-refractivity contribution < 1.29 is 9.53 Å². The van der Waals surface area contributed by atoms with Crippen molar-refractivity contribution in [3.05, 3.63) is 35.4 Å². The van der Waals surface area contributed by atoms with Crippen molar-refractivity contribution in [1.29, 1.82) is 0 Å². The Kier molecular flexibility index (Phi) is 5.51. The number of amides is 1. The summed E-state index contributed by atoms with van der Waals surface area (Å²) in [5.41, 5.74) is 3.09. The van der Waals surface area contributed by atoms with Crippen molar-refractivity contribution in [1.82, 2.24) is 25.1 Å². The van der Waals surface area contributed by atoms with E-state index < -0.39 is 0 Å². The molecule has 3 heterocycles. The molecular formula is C18H26N6O2. The Morgan fingerprint density at radius 1 is 1.31 bits per heavy atom. The Morgan fingerprint density at radius 3 is 2.65 bits per heavy atom. The normalized spacial score (nSPS) is 19.8. The average molecular weight is 358 g/mol.